The van der Waals surface area contributed by atoms with E-state index in [-0.39, 0.29) is 6.61 Å². The van der Waals surface area contributed by atoms with Crippen molar-refractivity contribution >= 4 is 21.9 Å². The molecule has 0 atom stereocenters. The lowest BCUT2D eigenvalue weighted by Crippen LogP contribution is -1.89. The lowest BCUT2D eigenvalue weighted by Gasteiger charge is -1.97. The third-order valence-electron chi connectivity index (χ3n) is 4.38. The van der Waals surface area contributed by atoms with Gasteiger partial charge in [0.15, 0.2) is 0 Å². The van der Waals surface area contributed by atoms with E-state index in [1.165, 1.54) is 0 Å². The zero-order valence-electron chi connectivity index (χ0n) is 13.8. The average Bonchev–Trinajstić information content (AvgIpc) is 3.39. The molecule has 128 valence electrons. The van der Waals surface area contributed by atoms with E-state index in [0.717, 1.165) is 27.5 Å². The first-order valence-corrected chi connectivity index (χ1v) is 8.07. The highest BCUT2D eigenvalue weighted by Crippen LogP contribution is 2.29. The van der Waals surface area contributed by atoms with Crippen molar-refractivity contribution < 1.29 is 9.63 Å². The number of aliphatic hydroxyl groups excluding tert-OH is 1. The molecule has 0 amide bonds. The third-order valence-corrected chi connectivity index (χ3v) is 4.38. The van der Waals surface area contributed by atoms with Crippen LogP contribution >= 0.6 is 0 Å². The molecule has 0 saturated carbocycles. The van der Waals surface area contributed by atoms with Gasteiger partial charge in [-0.15, -0.1) is 0 Å². The zero-order valence-corrected chi connectivity index (χ0v) is 13.8. The lowest BCUT2D eigenvalue weighted by molar-refractivity contribution is 0.273. The Morgan fingerprint density at radius 3 is 3.00 bits per heavy atom. The molecular weight excluding hydrogens is 332 g/mol. The van der Waals surface area contributed by atoms with E-state index >= 15 is 0 Å². The number of aromatic nitrogens is 6. The van der Waals surface area contributed by atoms with Crippen molar-refractivity contribution in [3.63, 3.8) is 0 Å². The summed E-state index contributed by atoms with van der Waals surface area (Å²) in [5, 5.41) is 18.7. The van der Waals surface area contributed by atoms with Crippen LogP contribution in [0.1, 0.15) is 5.82 Å². The van der Waals surface area contributed by atoms with Gasteiger partial charge in [-0.05, 0) is 18.2 Å². The minimum Gasteiger partial charge on any atom is -0.388 e. The number of para-hydroxylation sites is 1. The molecule has 5 aromatic rings. The second-order valence-electron chi connectivity index (χ2n) is 6.01. The number of rotatable bonds is 3. The van der Waals surface area contributed by atoms with Crippen molar-refractivity contribution in [1.82, 2.24) is 29.9 Å². The minimum atomic E-state index is -0.159. The molecule has 0 aliphatic carbocycles. The number of aromatic amines is 1. The summed E-state index contributed by atoms with van der Waals surface area (Å²) in [7, 11) is 1.89. The van der Waals surface area contributed by atoms with E-state index in [1.807, 2.05) is 49.6 Å². The second-order valence-corrected chi connectivity index (χ2v) is 6.01. The summed E-state index contributed by atoms with van der Waals surface area (Å²) in [6, 6.07) is 11.5. The van der Waals surface area contributed by atoms with Crippen LogP contribution < -0.4 is 0 Å². The van der Waals surface area contributed by atoms with Crippen molar-refractivity contribution in [2.24, 2.45) is 7.05 Å². The van der Waals surface area contributed by atoms with Crippen LogP contribution in [0.4, 0.5) is 0 Å². The Morgan fingerprint density at radius 1 is 1.19 bits per heavy atom. The van der Waals surface area contributed by atoms with Crippen LogP contribution in [0, 0.1) is 0 Å². The van der Waals surface area contributed by atoms with E-state index in [4.69, 9.17) is 4.52 Å². The van der Waals surface area contributed by atoms with Gasteiger partial charge in [-0.1, -0.05) is 23.4 Å². The van der Waals surface area contributed by atoms with Crippen LogP contribution in [0.15, 0.2) is 47.1 Å². The monoisotopic (exact) mass is 346 g/mol. The van der Waals surface area contributed by atoms with Gasteiger partial charge in [-0.3, -0.25) is 4.68 Å². The maximum Gasteiger partial charge on any atom is 0.260 e. The lowest BCUT2D eigenvalue weighted by atomic mass is 10.1. The summed E-state index contributed by atoms with van der Waals surface area (Å²) in [4.78, 5) is 12.0. The first-order chi connectivity index (χ1) is 12.7. The molecule has 2 aromatic carbocycles. The minimum absolute atomic E-state index is 0.159. The maximum absolute atomic E-state index is 9.29. The van der Waals surface area contributed by atoms with Gasteiger partial charge in [0, 0.05) is 18.0 Å². The number of nitrogens with one attached hydrogen (secondary N) is 1. The van der Waals surface area contributed by atoms with Crippen LogP contribution in [0.2, 0.25) is 0 Å². The Morgan fingerprint density at radius 2 is 2.12 bits per heavy atom. The number of hydrogen-bond donors (Lipinski definition) is 2. The predicted octanol–water partition coefficient (Wildman–Crippen LogP) is 2.66. The first-order valence-electron chi connectivity index (χ1n) is 8.07. The predicted molar refractivity (Wildman–Crippen MR) is 95.0 cm³/mol. The molecule has 0 aliphatic heterocycles. The fraction of sp³-hybridized carbons (Fsp3) is 0.111. The number of imidazole rings is 1. The Labute approximate surface area is 147 Å². The summed E-state index contributed by atoms with van der Waals surface area (Å²) in [5.74, 6) is 1.37. The van der Waals surface area contributed by atoms with Crippen LogP contribution in [-0.2, 0) is 13.7 Å². The molecule has 8 nitrogen and oxygen atoms in total. The zero-order chi connectivity index (χ0) is 17.7. The molecule has 0 aliphatic rings. The summed E-state index contributed by atoms with van der Waals surface area (Å²) < 4.78 is 7.29. The molecule has 0 fully saturated rings. The fourth-order valence-corrected chi connectivity index (χ4v) is 3.06. The average molecular weight is 346 g/mol. The fourth-order valence-electron chi connectivity index (χ4n) is 3.06. The number of nitrogens with zero attached hydrogens (tertiary/aromatic N) is 5. The molecule has 2 N–H and O–H groups in total. The number of hydrogen-bond acceptors (Lipinski definition) is 6. The van der Waals surface area contributed by atoms with Gasteiger partial charge in [-0.25, -0.2) is 4.98 Å². The van der Waals surface area contributed by atoms with Gasteiger partial charge in [-0.2, -0.15) is 10.1 Å². The molecule has 0 saturated heterocycles. The molecule has 8 heteroatoms. The Balaban J connectivity index is 1.61. The summed E-state index contributed by atoms with van der Waals surface area (Å²) in [6.45, 7) is -0.159. The molecule has 0 radical (unpaired) electrons. The van der Waals surface area contributed by atoms with Crippen LogP contribution in [-0.4, -0.2) is 35.0 Å². The number of aryl methyl sites for hydroxylation is 1. The van der Waals surface area contributed by atoms with Gasteiger partial charge in [0.2, 0.25) is 5.82 Å². The standard InChI is InChI=1S/C18H14N6O2/c1-24-14-7-10(5-6-11(14)8-19-24)17-22-18(26-23-17)12-3-2-4-13-16(12)21-15(9-25)20-13/h2-8,25H,9H2,1H3,(H,20,21). The summed E-state index contributed by atoms with van der Waals surface area (Å²) in [5.41, 5.74) is 4.06. The molecule has 0 unspecified atom stereocenters. The van der Waals surface area contributed by atoms with E-state index < -0.39 is 0 Å². The van der Waals surface area contributed by atoms with Gasteiger partial charge >= 0.3 is 0 Å². The van der Waals surface area contributed by atoms with E-state index in [2.05, 4.69) is 25.2 Å². The van der Waals surface area contributed by atoms with Gasteiger partial charge in [0.25, 0.3) is 5.89 Å². The van der Waals surface area contributed by atoms with Gasteiger partial charge in [0.1, 0.15) is 17.9 Å². The maximum atomic E-state index is 9.29. The molecule has 3 heterocycles. The van der Waals surface area contributed by atoms with Crippen molar-refractivity contribution in [3.8, 4) is 22.8 Å². The number of benzene rings is 2. The Bertz CT molecular complexity index is 1250. The Kier molecular flexibility index (Phi) is 3.13. The van der Waals surface area contributed by atoms with Crippen LogP contribution in [0.25, 0.3) is 44.8 Å². The van der Waals surface area contributed by atoms with Gasteiger partial charge in [0.05, 0.1) is 22.8 Å². The topological polar surface area (TPSA) is 106 Å². The van der Waals surface area contributed by atoms with Crippen molar-refractivity contribution in [1.29, 1.82) is 0 Å². The summed E-state index contributed by atoms with van der Waals surface area (Å²) >= 11 is 0. The van der Waals surface area contributed by atoms with Crippen molar-refractivity contribution in [3.05, 3.63) is 48.4 Å². The number of aliphatic hydroxyl groups is 1. The highest BCUT2D eigenvalue weighted by molar-refractivity contribution is 5.90. The molecule has 3 aromatic heterocycles. The van der Waals surface area contributed by atoms with Crippen LogP contribution in [0.3, 0.4) is 0 Å². The highest BCUT2D eigenvalue weighted by atomic mass is 16.5. The number of H-pyrrole nitrogens is 1. The van der Waals surface area contributed by atoms with Gasteiger partial charge < -0.3 is 14.6 Å². The third kappa shape index (κ3) is 2.20. The quantitative estimate of drug-likeness (QED) is 0.520. The second kappa shape index (κ2) is 5.50. The Hall–Kier alpha value is -3.52. The first kappa shape index (κ1) is 14.8. The molecule has 26 heavy (non-hydrogen) atoms. The molecule has 5 rings (SSSR count). The normalized spacial score (nSPS) is 11.6. The smallest absolute Gasteiger partial charge is 0.260 e. The molecule has 0 bridgehead atoms. The highest BCUT2D eigenvalue weighted by Gasteiger charge is 2.16. The number of fused-ring (bicyclic) bond motifs is 2. The van der Waals surface area contributed by atoms with E-state index in [1.54, 1.807) is 4.68 Å². The largest absolute Gasteiger partial charge is 0.388 e. The summed E-state index contributed by atoms with van der Waals surface area (Å²) in [6.07, 6.45) is 1.82. The molecule has 0 spiro atoms. The van der Waals surface area contributed by atoms with Crippen molar-refractivity contribution in [2.75, 3.05) is 0 Å². The van der Waals surface area contributed by atoms with Crippen LogP contribution in [0.5, 0.6) is 0 Å². The van der Waals surface area contributed by atoms with E-state index in [9.17, 15) is 5.11 Å². The molecular formula is C18H14N6O2. The SMILES string of the molecule is Cn1ncc2ccc(-c3noc(-c4cccc5[nH]c(CO)nc45)n3)cc21. The van der Waals surface area contributed by atoms with E-state index in [0.29, 0.717) is 23.1 Å². The van der Waals surface area contributed by atoms with Crippen molar-refractivity contribution in [2.45, 2.75) is 6.61 Å².